The van der Waals surface area contributed by atoms with Crippen LogP contribution in [0, 0.1) is 0 Å². The highest BCUT2D eigenvalue weighted by molar-refractivity contribution is 7.13. The van der Waals surface area contributed by atoms with E-state index in [0.717, 1.165) is 4.88 Å². The molecule has 118 valence electrons. The molecule has 3 rings (SSSR count). The highest BCUT2D eigenvalue weighted by atomic mass is 35.5. The normalized spacial score (nSPS) is 10.7. The fraction of sp³-hybridized carbons (Fsp3) is 0.125. The molecule has 3 aromatic rings. The van der Waals surface area contributed by atoms with Crippen molar-refractivity contribution < 1.29 is 13.9 Å². The maximum atomic E-state index is 11.9. The summed E-state index contributed by atoms with van der Waals surface area (Å²) in [5.74, 6) is 0.127. The van der Waals surface area contributed by atoms with Gasteiger partial charge in [0.1, 0.15) is 18.6 Å². The Morgan fingerprint density at radius 2 is 2.17 bits per heavy atom. The van der Waals surface area contributed by atoms with Crippen molar-refractivity contribution in [3.05, 3.63) is 63.3 Å². The van der Waals surface area contributed by atoms with Crippen LogP contribution >= 0.6 is 34.5 Å². The number of hydrogen-bond donors (Lipinski definition) is 0. The molecule has 0 atom stereocenters. The molecule has 0 saturated carbocycles. The number of halogens is 2. The van der Waals surface area contributed by atoms with Crippen LogP contribution in [0.4, 0.5) is 0 Å². The van der Waals surface area contributed by atoms with Gasteiger partial charge in [-0.2, -0.15) is 0 Å². The van der Waals surface area contributed by atoms with Crippen LogP contribution in [0.3, 0.4) is 0 Å². The van der Waals surface area contributed by atoms with Gasteiger partial charge in [0.05, 0.1) is 11.3 Å². The van der Waals surface area contributed by atoms with Crippen molar-refractivity contribution >= 4 is 40.5 Å². The number of esters is 1. The van der Waals surface area contributed by atoms with Crippen LogP contribution in [-0.4, -0.2) is 11.0 Å². The van der Waals surface area contributed by atoms with Gasteiger partial charge < -0.3 is 9.15 Å². The molecule has 1 aromatic carbocycles. The lowest BCUT2D eigenvalue weighted by molar-refractivity contribution is -0.144. The van der Waals surface area contributed by atoms with Gasteiger partial charge in [-0.05, 0) is 29.1 Å². The van der Waals surface area contributed by atoms with E-state index < -0.39 is 5.97 Å². The predicted molar refractivity (Wildman–Crippen MR) is 89.8 cm³/mol. The third-order valence-corrected chi connectivity index (χ3v) is 4.46. The number of hydrogen-bond acceptors (Lipinski definition) is 5. The van der Waals surface area contributed by atoms with E-state index in [1.807, 2.05) is 17.5 Å². The average molecular weight is 368 g/mol. The lowest BCUT2D eigenvalue weighted by Gasteiger charge is -2.05. The van der Waals surface area contributed by atoms with E-state index in [-0.39, 0.29) is 13.0 Å². The Morgan fingerprint density at radius 3 is 2.91 bits per heavy atom. The van der Waals surface area contributed by atoms with Crippen molar-refractivity contribution in [1.82, 2.24) is 4.98 Å². The van der Waals surface area contributed by atoms with E-state index in [1.165, 1.54) is 17.6 Å². The number of ether oxygens (including phenoxy) is 1. The Balaban J connectivity index is 1.57. The Kier molecular flexibility index (Phi) is 5.00. The second kappa shape index (κ2) is 7.17. The fourth-order valence-electron chi connectivity index (χ4n) is 1.91. The number of rotatable bonds is 5. The molecule has 7 heteroatoms. The van der Waals surface area contributed by atoms with Gasteiger partial charge in [-0.1, -0.05) is 35.3 Å². The first kappa shape index (κ1) is 16.1. The van der Waals surface area contributed by atoms with E-state index >= 15 is 0 Å². The zero-order valence-corrected chi connectivity index (χ0v) is 14.1. The van der Waals surface area contributed by atoms with Crippen molar-refractivity contribution in [1.29, 1.82) is 0 Å². The summed E-state index contributed by atoms with van der Waals surface area (Å²) < 4.78 is 10.6. The van der Waals surface area contributed by atoms with Crippen molar-refractivity contribution in [2.75, 3.05) is 0 Å². The van der Waals surface area contributed by atoms with Gasteiger partial charge in [0, 0.05) is 10.0 Å². The summed E-state index contributed by atoms with van der Waals surface area (Å²) in [4.78, 5) is 17.1. The Bertz CT molecular complexity index is 815. The monoisotopic (exact) mass is 367 g/mol. The molecule has 0 bridgehead atoms. The summed E-state index contributed by atoms with van der Waals surface area (Å²) in [7, 11) is 0. The van der Waals surface area contributed by atoms with Gasteiger partial charge in [0.15, 0.2) is 0 Å². The molecule has 4 nitrogen and oxygen atoms in total. The van der Waals surface area contributed by atoms with Gasteiger partial charge in [-0.15, -0.1) is 11.3 Å². The molecule has 0 saturated heterocycles. The zero-order valence-electron chi connectivity index (χ0n) is 11.8. The molecule has 2 heterocycles. The topological polar surface area (TPSA) is 52.3 Å². The van der Waals surface area contributed by atoms with Crippen molar-refractivity contribution in [2.45, 2.75) is 13.0 Å². The summed E-state index contributed by atoms with van der Waals surface area (Å²) in [5, 5.41) is 2.90. The number of aromatic nitrogens is 1. The van der Waals surface area contributed by atoms with Gasteiger partial charge in [0.25, 0.3) is 0 Å². The second-order valence-electron chi connectivity index (χ2n) is 4.69. The van der Waals surface area contributed by atoms with Crippen LogP contribution in [0.5, 0.6) is 0 Å². The molecule has 0 spiro atoms. The van der Waals surface area contributed by atoms with Gasteiger partial charge in [-0.3, -0.25) is 4.79 Å². The van der Waals surface area contributed by atoms with Crippen molar-refractivity contribution in [3.63, 3.8) is 0 Å². The largest absolute Gasteiger partial charge is 0.459 e. The molecule has 0 aliphatic rings. The molecular weight excluding hydrogens is 357 g/mol. The second-order valence-corrected chi connectivity index (χ2v) is 6.49. The number of thiophene rings is 1. The zero-order chi connectivity index (χ0) is 16.2. The van der Waals surface area contributed by atoms with Crippen LogP contribution in [0.2, 0.25) is 10.0 Å². The Labute approximate surface area is 146 Å². The maximum Gasteiger partial charge on any atom is 0.310 e. The SMILES string of the molecule is O=C(Cc1ccc(Cl)cc1Cl)OCc1coc(-c2cccs2)n1. The number of oxazole rings is 1. The quantitative estimate of drug-likeness (QED) is 0.595. The summed E-state index contributed by atoms with van der Waals surface area (Å²) in [6.07, 6.45) is 1.56. The smallest absolute Gasteiger partial charge is 0.310 e. The lowest BCUT2D eigenvalue weighted by Crippen LogP contribution is -2.08. The molecule has 23 heavy (non-hydrogen) atoms. The highest BCUT2D eigenvalue weighted by Crippen LogP contribution is 2.24. The van der Waals surface area contributed by atoms with Crippen LogP contribution in [0.1, 0.15) is 11.3 Å². The summed E-state index contributed by atoms with van der Waals surface area (Å²) in [6, 6.07) is 8.81. The Hall–Kier alpha value is -1.82. The number of carbonyl (C=O) groups excluding carboxylic acids is 1. The average Bonchev–Trinajstić information content (AvgIpc) is 3.18. The van der Waals surface area contributed by atoms with E-state index in [9.17, 15) is 4.79 Å². The van der Waals surface area contributed by atoms with Crippen LogP contribution in [0.25, 0.3) is 10.8 Å². The van der Waals surface area contributed by atoms with Gasteiger partial charge >= 0.3 is 5.97 Å². The number of nitrogens with zero attached hydrogens (tertiary/aromatic N) is 1. The third-order valence-electron chi connectivity index (χ3n) is 3.01. The van der Waals surface area contributed by atoms with Crippen LogP contribution < -0.4 is 0 Å². The summed E-state index contributed by atoms with van der Waals surface area (Å²) in [6.45, 7) is 0.0545. The predicted octanol–water partition coefficient (Wildman–Crippen LogP) is 5.00. The van der Waals surface area contributed by atoms with E-state index in [1.54, 1.807) is 18.2 Å². The first-order chi connectivity index (χ1) is 11.1. The molecule has 0 N–H and O–H groups in total. The number of benzene rings is 1. The van der Waals surface area contributed by atoms with Gasteiger partial charge in [0.2, 0.25) is 5.89 Å². The molecule has 0 amide bonds. The van der Waals surface area contributed by atoms with Crippen LogP contribution in [-0.2, 0) is 22.6 Å². The van der Waals surface area contributed by atoms with Crippen molar-refractivity contribution in [2.24, 2.45) is 0 Å². The molecule has 0 radical (unpaired) electrons. The minimum atomic E-state index is -0.394. The highest BCUT2D eigenvalue weighted by Gasteiger charge is 2.12. The molecular formula is C16H11Cl2NO3S. The minimum absolute atomic E-state index is 0.0545. The lowest BCUT2D eigenvalue weighted by atomic mass is 10.1. The van der Waals surface area contributed by atoms with E-state index in [0.29, 0.717) is 27.2 Å². The van der Waals surface area contributed by atoms with E-state index in [2.05, 4.69) is 4.98 Å². The van der Waals surface area contributed by atoms with Crippen LogP contribution in [0.15, 0.2) is 46.4 Å². The Morgan fingerprint density at radius 1 is 1.30 bits per heavy atom. The van der Waals surface area contributed by atoms with E-state index in [4.69, 9.17) is 32.4 Å². The molecule has 0 aliphatic carbocycles. The molecule has 0 aliphatic heterocycles. The fourth-order valence-corrected chi connectivity index (χ4v) is 3.04. The van der Waals surface area contributed by atoms with Gasteiger partial charge in [-0.25, -0.2) is 4.98 Å². The molecule has 0 unspecified atom stereocenters. The first-order valence-electron chi connectivity index (χ1n) is 6.69. The number of carbonyl (C=O) groups is 1. The summed E-state index contributed by atoms with van der Waals surface area (Å²) >= 11 is 13.4. The standard InChI is InChI=1S/C16H11Cl2NO3S/c17-11-4-3-10(13(18)7-11)6-15(20)21-8-12-9-22-16(19-12)14-2-1-5-23-14/h1-5,7,9H,6,8H2. The molecule has 0 fully saturated rings. The molecule has 2 aromatic heterocycles. The summed E-state index contributed by atoms with van der Waals surface area (Å²) in [5.41, 5.74) is 1.23. The maximum absolute atomic E-state index is 11.9. The van der Waals surface area contributed by atoms with Crippen molar-refractivity contribution in [3.8, 4) is 10.8 Å². The minimum Gasteiger partial charge on any atom is -0.459 e. The third kappa shape index (κ3) is 4.13. The first-order valence-corrected chi connectivity index (χ1v) is 8.33.